The van der Waals surface area contributed by atoms with Crippen molar-refractivity contribution >= 4 is 0 Å². The molecule has 1 aromatic carbocycles. The van der Waals surface area contributed by atoms with Gasteiger partial charge in [0, 0.05) is 5.56 Å². The number of nitrogens with two attached hydrogens (primary N) is 1. The Labute approximate surface area is 112 Å². The van der Waals surface area contributed by atoms with Gasteiger partial charge in [0.05, 0.1) is 5.56 Å². The van der Waals surface area contributed by atoms with E-state index < -0.39 is 17.8 Å². The Morgan fingerprint density at radius 1 is 1.35 bits per heavy atom. The minimum Gasteiger partial charge on any atom is -0.383 e. The standard InChI is InChI=1S/C12H12F3N3O2/c13-12(14,15)8-3-1-2-7(6-8)10-17-11(20-18-10)9(19)4-5-16/h1-3,6,9,19H,4-5,16H2/t9-/m0/s1. The maximum absolute atomic E-state index is 12.6. The van der Waals surface area contributed by atoms with Crippen LogP contribution in [0.1, 0.15) is 24.0 Å². The maximum atomic E-state index is 12.6. The Bertz CT molecular complexity index is 583. The van der Waals surface area contributed by atoms with Crippen molar-refractivity contribution < 1.29 is 22.8 Å². The van der Waals surface area contributed by atoms with E-state index in [9.17, 15) is 18.3 Å². The van der Waals surface area contributed by atoms with Gasteiger partial charge in [0.1, 0.15) is 6.10 Å². The van der Waals surface area contributed by atoms with Gasteiger partial charge in [-0.15, -0.1) is 0 Å². The number of alkyl halides is 3. The molecular formula is C12H12F3N3O2. The molecule has 20 heavy (non-hydrogen) atoms. The molecule has 8 heteroatoms. The van der Waals surface area contributed by atoms with Crippen LogP contribution in [0.3, 0.4) is 0 Å². The van der Waals surface area contributed by atoms with Crippen molar-refractivity contribution in [3.63, 3.8) is 0 Å². The first-order valence-corrected chi connectivity index (χ1v) is 5.81. The van der Waals surface area contributed by atoms with Gasteiger partial charge >= 0.3 is 6.18 Å². The molecule has 0 aliphatic heterocycles. The summed E-state index contributed by atoms with van der Waals surface area (Å²) in [4.78, 5) is 3.87. The summed E-state index contributed by atoms with van der Waals surface area (Å²) in [5, 5.41) is 13.2. The van der Waals surface area contributed by atoms with Crippen molar-refractivity contribution in [2.75, 3.05) is 6.54 Å². The first-order chi connectivity index (χ1) is 9.41. The summed E-state index contributed by atoms with van der Waals surface area (Å²) in [6, 6.07) is 4.56. The largest absolute Gasteiger partial charge is 0.416 e. The third kappa shape index (κ3) is 3.14. The zero-order valence-corrected chi connectivity index (χ0v) is 10.3. The zero-order chi connectivity index (χ0) is 14.8. The smallest absolute Gasteiger partial charge is 0.383 e. The van der Waals surface area contributed by atoms with Gasteiger partial charge < -0.3 is 15.4 Å². The summed E-state index contributed by atoms with van der Waals surface area (Å²) in [5.41, 5.74) is 4.64. The topological polar surface area (TPSA) is 85.2 Å². The molecule has 3 N–H and O–H groups in total. The fourth-order valence-corrected chi connectivity index (χ4v) is 1.60. The molecule has 5 nitrogen and oxygen atoms in total. The highest BCUT2D eigenvalue weighted by Crippen LogP contribution is 2.31. The fourth-order valence-electron chi connectivity index (χ4n) is 1.60. The molecule has 0 saturated carbocycles. The summed E-state index contributed by atoms with van der Waals surface area (Å²) >= 11 is 0. The first-order valence-electron chi connectivity index (χ1n) is 5.81. The van der Waals surface area contributed by atoms with E-state index in [0.29, 0.717) is 0 Å². The molecule has 1 aromatic heterocycles. The van der Waals surface area contributed by atoms with Crippen LogP contribution in [0.25, 0.3) is 11.4 Å². The van der Waals surface area contributed by atoms with Crippen LogP contribution in [0.2, 0.25) is 0 Å². The Morgan fingerprint density at radius 2 is 2.10 bits per heavy atom. The lowest BCUT2D eigenvalue weighted by Gasteiger charge is -2.06. The molecule has 1 atom stereocenters. The van der Waals surface area contributed by atoms with Crippen molar-refractivity contribution in [3.8, 4) is 11.4 Å². The van der Waals surface area contributed by atoms with E-state index in [1.807, 2.05) is 0 Å². The number of hydrogen-bond donors (Lipinski definition) is 2. The van der Waals surface area contributed by atoms with E-state index in [4.69, 9.17) is 10.3 Å². The number of aliphatic hydroxyl groups is 1. The van der Waals surface area contributed by atoms with E-state index in [1.165, 1.54) is 12.1 Å². The predicted molar refractivity (Wildman–Crippen MR) is 63.4 cm³/mol. The second kappa shape index (κ2) is 5.59. The van der Waals surface area contributed by atoms with Crippen molar-refractivity contribution in [1.82, 2.24) is 10.1 Å². The van der Waals surface area contributed by atoms with E-state index in [1.54, 1.807) is 0 Å². The number of nitrogens with zero attached hydrogens (tertiary/aromatic N) is 2. The van der Waals surface area contributed by atoms with Crippen molar-refractivity contribution in [2.24, 2.45) is 5.73 Å². The van der Waals surface area contributed by atoms with Crippen LogP contribution in [0.5, 0.6) is 0 Å². The molecule has 0 bridgehead atoms. The molecule has 0 fully saturated rings. The summed E-state index contributed by atoms with van der Waals surface area (Å²) < 4.78 is 42.6. The van der Waals surface area contributed by atoms with Gasteiger partial charge in [-0.1, -0.05) is 17.3 Å². The fraction of sp³-hybridized carbons (Fsp3) is 0.333. The molecule has 0 saturated heterocycles. The molecule has 0 amide bonds. The third-order valence-corrected chi connectivity index (χ3v) is 2.61. The molecule has 108 valence electrons. The van der Waals surface area contributed by atoms with Crippen LogP contribution in [0.4, 0.5) is 13.2 Å². The van der Waals surface area contributed by atoms with Gasteiger partial charge in [-0.25, -0.2) is 0 Å². The van der Waals surface area contributed by atoms with Crippen LogP contribution in [-0.2, 0) is 6.18 Å². The molecule has 0 aliphatic carbocycles. The molecule has 0 unspecified atom stereocenters. The minimum atomic E-state index is -4.44. The molecular weight excluding hydrogens is 275 g/mol. The van der Waals surface area contributed by atoms with E-state index >= 15 is 0 Å². The molecule has 1 heterocycles. The number of aliphatic hydroxyl groups excluding tert-OH is 1. The van der Waals surface area contributed by atoms with E-state index in [2.05, 4.69) is 10.1 Å². The second-order valence-electron chi connectivity index (χ2n) is 4.13. The molecule has 0 spiro atoms. The van der Waals surface area contributed by atoms with Crippen molar-refractivity contribution in [1.29, 1.82) is 0 Å². The van der Waals surface area contributed by atoms with Gasteiger partial charge in [0.2, 0.25) is 5.82 Å². The first kappa shape index (κ1) is 14.5. The van der Waals surface area contributed by atoms with Crippen LogP contribution < -0.4 is 5.73 Å². The lowest BCUT2D eigenvalue weighted by Crippen LogP contribution is -2.07. The summed E-state index contributed by atoms with van der Waals surface area (Å²) in [6.45, 7) is 0.225. The molecule has 2 aromatic rings. The second-order valence-corrected chi connectivity index (χ2v) is 4.13. The Balaban J connectivity index is 2.28. The van der Waals surface area contributed by atoms with E-state index in [0.717, 1.165) is 12.1 Å². The molecule has 0 aliphatic rings. The van der Waals surface area contributed by atoms with Crippen molar-refractivity contribution in [2.45, 2.75) is 18.7 Å². The van der Waals surface area contributed by atoms with Gasteiger partial charge in [-0.2, -0.15) is 18.2 Å². The number of hydrogen-bond acceptors (Lipinski definition) is 5. The average molecular weight is 287 g/mol. The van der Waals surface area contributed by atoms with Crippen LogP contribution in [0.15, 0.2) is 28.8 Å². The number of aromatic nitrogens is 2. The number of benzene rings is 1. The van der Waals surface area contributed by atoms with Crippen LogP contribution in [0, 0.1) is 0 Å². The summed E-state index contributed by atoms with van der Waals surface area (Å²) in [5.74, 6) is -0.0787. The normalized spacial score (nSPS) is 13.4. The average Bonchev–Trinajstić information content (AvgIpc) is 2.88. The molecule has 2 rings (SSSR count). The highest BCUT2D eigenvalue weighted by molar-refractivity contribution is 5.55. The monoisotopic (exact) mass is 287 g/mol. The highest BCUT2D eigenvalue weighted by Gasteiger charge is 2.30. The third-order valence-electron chi connectivity index (χ3n) is 2.61. The Kier molecular flexibility index (Phi) is 4.05. The van der Waals surface area contributed by atoms with Gasteiger partial charge in [-0.3, -0.25) is 0 Å². The zero-order valence-electron chi connectivity index (χ0n) is 10.3. The van der Waals surface area contributed by atoms with Crippen LogP contribution >= 0.6 is 0 Å². The van der Waals surface area contributed by atoms with Crippen molar-refractivity contribution in [3.05, 3.63) is 35.7 Å². The van der Waals surface area contributed by atoms with Gasteiger partial charge in [0.15, 0.2) is 0 Å². The summed E-state index contributed by atoms with van der Waals surface area (Å²) in [6.07, 6.45) is -5.24. The number of rotatable bonds is 4. The minimum absolute atomic E-state index is 0.0119. The summed E-state index contributed by atoms with van der Waals surface area (Å²) in [7, 11) is 0. The lowest BCUT2D eigenvalue weighted by atomic mass is 10.1. The Morgan fingerprint density at radius 3 is 2.75 bits per heavy atom. The maximum Gasteiger partial charge on any atom is 0.416 e. The van der Waals surface area contributed by atoms with Gasteiger partial charge in [0.25, 0.3) is 5.89 Å². The highest BCUT2D eigenvalue weighted by atomic mass is 19.4. The lowest BCUT2D eigenvalue weighted by molar-refractivity contribution is -0.137. The quantitative estimate of drug-likeness (QED) is 0.899. The molecule has 0 radical (unpaired) electrons. The SMILES string of the molecule is NCC[C@H](O)c1nc(-c2cccc(C(F)(F)F)c2)no1. The van der Waals surface area contributed by atoms with E-state index in [-0.39, 0.29) is 30.2 Å². The number of halogens is 3. The predicted octanol–water partition coefficient (Wildman–Crippen LogP) is 2.14. The van der Waals surface area contributed by atoms with Crippen LogP contribution in [-0.4, -0.2) is 21.8 Å². The Hall–Kier alpha value is -1.93. The van der Waals surface area contributed by atoms with Gasteiger partial charge in [-0.05, 0) is 25.1 Å².